The molecule has 0 saturated heterocycles. The molecule has 6 heteroatoms. The first-order chi connectivity index (χ1) is 12.5. The predicted molar refractivity (Wildman–Crippen MR) is 96.7 cm³/mol. The fraction of sp³-hybridized carbons (Fsp3) is 0.524. The third-order valence-electron chi connectivity index (χ3n) is 6.59. The van der Waals surface area contributed by atoms with E-state index in [0.717, 1.165) is 0 Å². The molecule has 144 valence electrons. The molecule has 1 heterocycles. The third kappa shape index (κ3) is 2.35. The van der Waals surface area contributed by atoms with Crippen LogP contribution >= 0.6 is 0 Å². The van der Waals surface area contributed by atoms with Crippen molar-refractivity contribution in [3.63, 3.8) is 0 Å². The van der Waals surface area contributed by atoms with Gasteiger partial charge in [-0.25, -0.2) is 0 Å². The molecule has 1 saturated carbocycles. The maximum atomic E-state index is 13.3. The van der Waals surface area contributed by atoms with Gasteiger partial charge in [0.1, 0.15) is 17.1 Å². The van der Waals surface area contributed by atoms with Crippen LogP contribution in [-0.4, -0.2) is 38.6 Å². The maximum Gasteiger partial charge on any atom is 0.232 e. The van der Waals surface area contributed by atoms with Gasteiger partial charge in [-0.3, -0.25) is 9.59 Å². The Balaban J connectivity index is 1.92. The zero-order chi connectivity index (χ0) is 19.8. The van der Waals surface area contributed by atoms with Crippen molar-refractivity contribution in [3.8, 4) is 11.5 Å². The van der Waals surface area contributed by atoms with Gasteiger partial charge in [0.15, 0.2) is 11.5 Å². The van der Waals surface area contributed by atoms with Gasteiger partial charge in [-0.1, -0.05) is 6.92 Å². The first-order valence-electron chi connectivity index (χ1n) is 9.30. The second-order valence-electron chi connectivity index (χ2n) is 8.63. The fourth-order valence-corrected chi connectivity index (χ4v) is 4.89. The Morgan fingerprint density at radius 2 is 1.81 bits per heavy atom. The summed E-state index contributed by atoms with van der Waals surface area (Å²) in [4.78, 5) is 26.5. The molecule has 1 aliphatic heterocycles. The topological polar surface area (TPSA) is 104 Å². The average molecular weight is 372 g/mol. The molecule has 1 aromatic carbocycles. The molecular formula is C21H24O6. The minimum Gasteiger partial charge on any atom is -0.508 e. The van der Waals surface area contributed by atoms with Crippen LogP contribution in [0.15, 0.2) is 17.4 Å². The minimum atomic E-state index is -0.723. The zero-order valence-corrected chi connectivity index (χ0v) is 15.9. The van der Waals surface area contributed by atoms with Gasteiger partial charge in [0.2, 0.25) is 5.78 Å². The van der Waals surface area contributed by atoms with Gasteiger partial charge in [-0.2, -0.15) is 0 Å². The number of benzene rings is 1. The molecule has 6 nitrogen and oxygen atoms in total. The Kier molecular flexibility index (Phi) is 3.73. The van der Waals surface area contributed by atoms with Crippen molar-refractivity contribution in [3.05, 3.63) is 34.1 Å². The molecule has 0 aromatic heterocycles. The summed E-state index contributed by atoms with van der Waals surface area (Å²) in [6, 6.07) is 1.25. The number of carbonyl (C=O) groups is 2. The highest BCUT2D eigenvalue weighted by molar-refractivity contribution is 6.27. The number of Topliss-reactive ketones (excluding diaryl/α,β-unsaturated/α-hetero) is 2. The largest absolute Gasteiger partial charge is 0.508 e. The second-order valence-corrected chi connectivity index (χ2v) is 8.63. The number of hydrogen-bond acceptors (Lipinski definition) is 6. The Labute approximate surface area is 157 Å². The number of allylic oxidation sites excluding steroid dienone is 2. The second kappa shape index (κ2) is 5.58. The van der Waals surface area contributed by atoms with Gasteiger partial charge in [-0.05, 0) is 51.5 Å². The molecule has 0 bridgehead atoms. The van der Waals surface area contributed by atoms with Crippen LogP contribution in [0.1, 0.15) is 59.9 Å². The standard InChI is InChI=1S/C21H24O6/c1-8-5-10-12(7-13(8)22)21(3,4)27-20-16(10)18(25)11-6-14(23)9(2)17(24)15(11)19(20)26/h6,8,10,12-13,22-24H,5,7H2,1-4H3/t8-,10-,12+,13+/m1/s1. The molecule has 3 N–H and O–H groups in total. The van der Waals surface area contributed by atoms with Crippen LogP contribution < -0.4 is 0 Å². The normalized spacial score (nSPS) is 31.7. The number of phenolic OH excluding ortho intramolecular Hbond substituents is 2. The van der Waals surface area contributed by atoms with Crippen LogP contribution in [0.2, 0.25) is 0 Å². The number of ketones is 2. The first-order valence-corrected chi connectivity index (χ1v) is 9.30. The predicted octanol–water partition coefficient (Wildman–Crippen LogP) is 2.87. The summed E-state index contributed by atoms with van der Waals surface area (Å²) in [6.07, 6.45) is 0.595. The van der Waals surface area contributed by atoms with Crippen molar-refractivity contribution in [2.45, 2.75) is 52.2 Å². The molecule has 2 aliphatic carbocycles. The molecule has 0 spiro atoms. The highest BCUT2D eigenvalue weighted by atomic mass is 16.5. The Morgan fingerprint density at radius 3 is 2.48 bits per heavy atom. The smallest absolute Gasteiger partial charge is 0.232 e. The van der Waals surface area contributed by atoms with Crippen molar-refractivity contribution in [1.82, 2.24) is 0 Å². The SMILES string of the molecule is Cc1c(O)cc2c(c1O)C(=O)C1=C(C2=O)[C@@H]2C[C@@H](C)[C@@H](O)C[C@@H]2C(C)(C)O1. The van der Waals surface area contributed by atoms with E-state index in [4.69, 9.17) is 4.74 Å². The maximum absolute atomic E-state index is 13.3. The number of carbonyl (C=O) groups excluding carboxylic acids is 2. The van der Waals surface area contributed by atoms with Crippen molar-refractivity contribution in [1.29, 1.82) is 0 Å². The lowest BCUT2D eigenvalue weighted by Crippen LogP contribution is -2.52. The van der Waals surface area contributed by atoms with Crippen LogP contribution in [0.5, 0.6) is 11.5 Å². The number of phenols is 2. The molecule has 3 aliphatic rings. The van der Waals surface area contributed by atoms with Gasteiger partial charge < -0.3 is 20.1 Å². The van der Waals surface area contributed by atoms with Crippen molar-refractivity contribution in [2.24, 2.45) is 17.8 Å². The summed E-state index contributed by atoms with van der Waals surface area (Å²) in [5.41, 5.74) is -0.341. The minimum absolute atomic E-state index is 0.00183. The average Bonchev–Trinajstić information content (AvgIpc) is 2.58. The molecular weight excluding hydrogens is 348 g/mol. The molecule has 4 atom stereocenters. The van der Waals surface area contributed by atoms with Crippen LogP contribution in [0.4, 0.5) is 0 Å². The first kappa shape index (κ1) is 18.0. The Morgan fingerprint density at radius 1 is 1.15 bits per heavy atom. The molecule has 0 amide bonds. The lowest BCUT2D eigenvalue weighted by molar-refractivity contribution is -0.0966. The van der Waals surface area contributed by atoms with Gasteiger partial charge in [0.05, 0.1) is 11.7 Å². The van der Waals surface area contributed by atoms with Gasteiger partial charge in [0, 0.05) is 22.6 Å². The fourth-order valence-electron chi connectivity index (χ4n) is 4.89. The monoisotopic (exact) mass is 372 g/mol. The number of fused-ring (bicyclic) bond motifs is 3. The van der Waals surface area contributed by atoms with Crippen LogP contribution in [0.25, 0.3) is 0 Å². The van der Waals surface area contributed by atoms with E-state index in [9.17, 15) is 24.9 Å². The molecule has 0 unspecified atom stereocenters. The number of hydrogen-bond donors (Lipinski definition) is 3. The van der Waals surface area contributed by atoms with E-state index in [1.54, 1.807) is 0 Å². The molecule has 1 fully saturated rings. The van der Waals surface area contributed by atoms with E-state index in [1.165, 1.54) is 13.0 Å². The summed E-state index contributed by atoms with van der Waals surface area (Å²) in [5, 5.41) is 30.8. The van der Waals surface area contributed by atoms with Gasteiger partial charge in [0.25, 0.3) is 0 Å². The quantitative estimate of drug-likeness (QED) is 0.647. The van der Waals surface area contributed by atoms with Crippen molar-refractivity contribution < 1.29 is 29.6 Å². The van der Waals surface area contributed by atoms with Gasteiger partial charge in [-0.15, -0.1) is 0 Å². The third-order valence-corrected chi connectivity index (χ3v) is 6.59. The van der Waals surface area contributed by atoms with E-state index in [1.807, 2.05) is 20.8 Å². The van der Waals surface area contributed by atoms with E-state index in [2.05, 4.69) is 0 Å². The van der Waals surface area contributed by atoms with Crippen molar-refractivity contribution in [2.75, 3.05) is 0 Å². The number of aromatic hydroxyl groups is 2. The number of aliphatic hydroxyl groups excluding tert-OH is 1. The van der Waals surface area contributed by atoms with E-state index in [-0.39, 0.29) is 57.5 Å². The molecule has 1 aromatic rings. The summed E-state index contributed by atoms with van der Waals surface area (Å²) in [7, 11) is 0. The molecule has 27 heavy (non-hydrogen) atoms. The van der Waals surface area contributed by atoms with E-state index >= 15 is 0 Å². The highest BCUT2D eigenvalue weighted by Crippen LogP contribution is 2.53. The summed E-state index contributed by atoms with van der Waals surface area (Å²) in [6.45, 7) is 7.16. The number of rotatable bonds is 0. The Hall–Kier alpha value is -2.34. The highest BCUT2D eigenvalue weighted by Gasteiger charge is 2.54. The Bertz CT molecular complexity index is 910. The number of aliphatic hydroxyl groups is 1. The number of ether oxygens (including phenoxy) is 1. The zero-order valence-electron chi connectivity index (χ0n) is 15.9. The molecule has 0 radical (unpaired) electrons. The van der Waals surface area contributed by atoms with E-state index < -0.39 is 17.5 Å². The summed E-state index contributed by atoms with van der Waals surface area (Å²) in [5.74, 6) is -1.83. The van der Waals surface area contributed by atoms with Crippen LogP contribution in [0.3, 0.4) is 0 Å². The van der Waals surface area contributed by atoms with Crippen LogP contribution in [0, 0.1) is 24.7 Å². The molecule has 4 rings (SSSR count). The van der Waals surface area contributed by atoms with Crippen LogP contribution in [-0.2, 0) is 4.74 Å². The summed E-state index contributed by atoms with van der Waals surface area (Å²) < 4.78 is 6.02. The lowest BCUT2D eigenvalue weighted by Gasteiger charge is -2.50. The van der Waals surface area contributed by atoms with Gasteiger partial charge >= 0.3 is 0 Å². The summed E-state index contributed by atoms with van der Waals surface area (Å²) >= 11 is 0. The van der Waals surface area contributed by atoms with E-state index in [0.29, 0.717) is 18.4 Å². The lowest BCUT2D eigenvalue weighted by atomic mass is 9.61. The van der Waals surface area contributed by atoms with Crippen molar-refractivity contribution >= 4 is 11.6 Å².